The molecule has 0 bridgehead atoms. The van der Waals surface area contributed by atoms with Gasteiger partial charge in [-0.05, 0) is 34.1 Å². The lowest BCUT2D eigenvalue weighted by atomic mass is 10.1. The molecule has 0 radical (unpaired) electrons. The highest BCUT2D eigenvalue weighted by Gasteiger charge is 2.42. The van der Waals surface area contributed by atoms with Crippen LogP contribution < -0.4 is 21.9 Å². The van der Waals surface area contributed by atoms with Crippen LogP contribution in [0.1, 0.15) is 45.2 Å². The van der Waals surface area contributed by atoms with Crippen molar-refractivity contribution < 1.29 is 24.5 Å². The molecule has 0 unspecified atom stereocenters. The summed E-state index contributed by atoms with van der Waals surface area (Å²) in [6.07, 6.45) is -1.37. The van der Waals surface area contributed by atoms with E-state index in [4.69, 9.17) is 4.74 Å². The van der Waals surface area contributed by atoms with Gasteiger partial charge in [0.15, 0.2) is 0 Å². The highest BCUT2D eigenvalue weighted by atomic mass is 16.6. The maximum Gasteiger partial charge on any atom is 0.407 e. The van der Waals surface area contributed by atoms with Gasteiger partial charge in [-0.3, -0.25) is 19.1 Å². The van der Waals surface area contributed by atoms with Crippen LogP contribution in [0.5, 0.6) is 0 Å². The fourth-order valence-electron chi connectivity index (χ4n) is 3.34. The number of carbonyl (C=O) groups excluding carboxylic acids is 2. The summed E-state index contributed by atoms with van der Waals surface area (Å²) in [7, 11) is 0. The van der Waals surface area contributed by atoms with E-state index in [0.717, 1.165) is 0 Å². The van der Waals surface area contributed by atoms with Crippen molar-refractivity contribution >= 4 is 12.0 Å². The number of aliphatic hydroxyl groups is 2. The fraction of sp³-hybridized carbons (Fsp3) is 0.684. The molecule has 0 aromatic carbocycles. The molecule has 1 fully saturated rings. The summed E-state index contributed by atoms with van der Waals surface area (Å²) in [4.78, 5) is 49.3. The monoisotopic (exact) mass is 426 g/mol. The number of aromatic nitrogens is 2. The highest BCUT2D eigenvalue weighted by molar-refractivity contribution is 5.77. The Morgan fingerprint density at radius 1 is 1.23 bits per heavy atom. The van der Waals surface area contributed by atoms with E-state index < -0.39 is 47.1 Å². The van der Waals surface area contributed by atoms with Crippen LogP contribution in [0.15, 0.2) is 15.8 Å². The van der Waals surface area contributed by atoms with Crippen molar-refractivity contribution in [1.82, 2.24) is 20.2 Å². The zero-order valence-corrected chi connectivity index (χ0v) is 17.6. The summed E-state index contributed by atoms with van der Waals surface area (Å²) in [5.41, 5.74) is -1.49. The van der Waals surface area contributed by atoms with E-state index in [1.807, 2.05) is 0 Å². The fourth-order valence-corrected chi connectivity index (χ4v) is 3.34. The molecular formula is C19H30N4O7. The number of amides is 2. The smallest absolute Gasteiger partial charge is 0.407 e. The molecule has 0 aliphatic heterocycles. The number of ether oxygens (including phenoxy) is 1. The first-order chi connectivity index (χ1) is 13.9. The molecule has 1 saturated carbocycles. The van der Waals surface area contributed by atoms with Gasteiger partial charge in [0.05, 0.1) is 12.1 Å². The zero-order valence-electron chi connectivity index (χ0n) is 17.6. The molecule has 0 spiro atoms. The van der Waals surface area contributed by atoms with Gasteiger partial charge >= 0.3 is 11.8 Å². The number of hydrogen-bond acceptors (Lipinski definition) is 7. The van der Waals surface area contributed by atoms with Crippen LogP contribution >= 0.6 is 0 Å². The van der Waals surface area contributed by atoms with Crippen LogP contribution in [0.4, 0.5) is 4.79 Å². The molecule has 1 heterocycles. The normalized spacial score (nSPS) is 23.8. The van der Waals surface area contributed by atoms with Crippen molar-refractivity contribution in [2.75, 3.05) is 13.1 Å². The Hall–Kier alpha value is -2.66. The van der Waals surface area contributed by atoms with Crippen molar-refractivity contribution in [3.63, 3.8) is 0 Å². The number of hydrogen-bond donors (Lipinski definition) is 5. The van der Waals surface area contributed by atoms with Gasteiger partial charge < -0.3 is 25.6 Å². The van der Waals surface area contributed by atoms with E-state index in [9.17, 15) is 29.4 Å². The van der Waals surface area contributed by atoms with Crippen LogP contribution in [0.2, 0.25) is 0 Å². The molecule has 11 heteroatoms. The zero-order chi connectivity index (χ0) is 22.6. The first-order valence-electron chi connectivity index (χ1n) is 9.81. The number of alkyl carbamates (subject to hydrolysis) is 1. The van der Waals surface area contributed by atoms with E-state index in [0.29, 0.717) is 5.56 Å². The van der Waals surface area contributed by atoms with Gasteiger partial charge in [0.25, 0.3) is 5.56 Å². The standard InChI is InChI=1S/C19H30N4O7/c1-10-9-23(17(28)22-16(10)27)12-7-11(14(25)15(12)26)8-21-13(24)5-6-20-18(29)30-19(2,3)4/h9,11-12,14-15,25-26H,5-8H2,1-4H3,(H,20,29)(H,21,24)(H,22,27,28)/t11-,12+,14+,15+/m0/s1. The molecule has 5 N–H and O–H groups in total. The molecule has 0 saturated heterocycles. The third-order valence-corrected chi connectivity index (χ3v) is 4.86. The van der Waals surface area contributed by atoms with Crippen molar-refractivity contribution in [3.8, 4) is 0 Å². The maximum atomic E-state index is 12.1. The van der Waals surface area contributed by atoms with Crippen LogP contribution in [0.3, 0.4) is 0 Å². The Labute approximate surface area is 173 Å². The van der Waals surface area contributed by atoms with Crippen LogP contribution in [0.25, 0.3) is 0 Å². The number of aryl methyl sites for hydroxylation is 1. The first-order valence-corrected chi connectivity index (χ1v) is 9.81. The lowest BCUT2D eigenvalue weighted by molar-refractivity contribution is -0.121. The summed E-state index contributed by atoms with van der Waals surface area (Å²) in [5.74, 6) is -0.819. The second kappa shape index (κ2) is 9.43. The van der Waals surface area contributed by atoms with Gasteiger partial charge in [-0.25, -0.2) is 9.59 Å². The molecule has 1 aliphatic carbocycles. The Morgan fingerprint density at radius 2 is 1.90 bits per heavy atom. The number of aliphatic hydroxyl groups excluding tert-OH is 2. The third-order valence-electron chi connectivity index (χ3n) is 4.86. The van der Waals surface area contributed by atoms with Crippen LogP contribution in [-0.2, 0) is 9.53 Å². The molecule has 2 rings (SSSR count). The second-order valence-electron chi connectivity index (χ2n) is 8.51. The number of rotatable bonds is 6. The summed E-state index contributed by atoms with van der Waals surface area (Å²) in [6.45, 7) is 6.92. The largest absolute Gasteiger partial charge is 0.444 e. The van der Waals surface area contributed by atoms with Crippen LogP contribution in [-0.4, -0.2) is 62.7 Å². The molecule has 168 valence electrons. The van der Waals surface area contributed by atoms with E-state index in [1.54, 1.807) is 20.8 Å². The third kappa shape index (κ3) is 6.17. The maximum absolute atomic E-state index is 12.1. The van der Waals surface area contributed by atoms with E-state index >= 15 is 0 Å². The van der Waals surface area contributed by atoms with Gasteiger partial charge in [0, 0.05) is 37.2 Å². The Bertz CT molecular complexity index is 886. The topological polar surface area (TPSA) is 163 Å². The summed E-state index contributed by atoms with van der Waals surface area (Å²) >= 11 is 0. The highest BCUT2D eigenvalue weighted by Crippen LogP contribution is 2.34. The molecule has 1 aromatic rings. The number of nitrogens with one attached hydrogen (secondary N) is 3. The molecule has 1 aliphatic rings. The molecular weight excluding hydrogens is 396 g/mol. The predicted octanol–water partition coefficient (Wildman–Crippen LogP) is -0.841. The number of H-pyrrole nitrogens is 1. The van der Waals surface area contributed by atoms with E-state index in [-0.39, 0.29) is 31.8 Å². The molecule has 2 amide bonds. The molecule has 4 atom stereocenters. The lowest BCUT2D eigenvalue weighted by Crippen LogP contribution is -2.39. The van der Waals surface area contributed by atoms with Crippen molar-refractivity contribution in [2.45, 2.75) is 64.4 Å². The Balaban J connectivity index is 1.86. The SMILES string of the molecule is Cc1cn([C@@H]2C[C@@H](CNC(=O)CCNC(=O)OC(C)(C)C)[C@@H](O)[C@@H]2O)c(=O)[nH]c1=O. The van der Waals surface area contributed by atoms with E-state index in [2.05, 4.69) is 15.6 Å². The van der Waals surface area contributed by atoms with Crippen LogP contribution in [0, 0.1) is 12.8 Å². The average Bonchev–Trinajstić information content (AvgIpc) is 2.90. The second-order valence-corrected chi connectivity index (χ2v) is 8.51. The van der Waals surface area contributed by atoms with Gasteiger partial charge in [-0.2, -0.15) is 0 Å². The van der Waals surface area contributed by atoms with Crippen molar-refractivity contribution in [3.05, 3.63) is 32.6 Å². The first kappa shape index (κ1) is 23.6. The summed E-state index contributed by atoms with van der Waals surface area (Å²) < 4.78 is 6.28. The Kier molecular flexibility index (Phi) is 7.43. The number of nitrogens with zero attached hydrogens (tertiary/aromatic N) is 1. The van der Waals surface area contributed by atoms with E-state index in [1.165, 1.54) is 17.7 Å². The minimum Gasteiger partial charge on any atom is -0.444 e. The quantitative estimate of drug-likeness (QED) is 0.396. The lowest BCUT2D eigenvalue weighted by Gasteiger charge is -2.19. The van der Waals surface area contributed by atoms with Crippen molar-refractivity contribution in [2.24, 2.45) is 5.92 Å². The summed E-state index contributed by atoms with van der Waals surface area (Å²) in [6, 6.07) is -0.723. The average molecular weight is 426 g/mol. The number of carbonyl (C=O) groups is 2. The van der Waals surface area contributed by atoms with Crippen molar-refractivity contribution in [1.29, 1.82) is 0 Å². The minimum absolute atomic E-state index is 0.0205. The van der Waals surface area contributed by atoms with Gasteiger partial charge in [0.2, 0.25) is 5.91 Å². The van der Waals surface area contributed by atoms with Gasteiger partial charge in [-0.15, -0.1) is 0 Å². The summed E-state index contributed by atoms with van der Waals surface area (Å²) in [5, 5.41) is 25.8. The molecule has 30 heavy (non-hydrogen) atoms. The van der Waals surface area contributed by atoms with Gasteiger partial charge in [0.1, 0.15) is 11.7 Å². The number of aromatic amines is 1. The van der Waals surface area contributed by atoms with Gasteiger partial charge in [-0.1, -0.05) is 0 Å². The predicted molar refractivity (Wildman–Crippen MR) is 107 cm³/mol. The minimum atomic E-state index is -1.22. The molecule has 1 aromatic heterocycles. The molecule has 11 nitrogen and oxygen atoms in total. The Morgan fingerprint density at radius 3 is 2.53 bits per heavy atom.